The van der Waals surface area contributed by atoms with Crippen LogP contribution in [-0.4, -0.2) is 35.3 Å². The number of benzene rings is 1. The molecule has 2 aromatic rings. The summed E-state index contributed by atoms with van der Waals surface area (Å²) in [6, 6.07) is 7.76. The average molecular weight is 218 g/mol. The number of fused-ring (bicyclic) bond motifs is 1. The molecule has 5 nitrogen and oxygen atoms in total. The summed E-state index contributed by atoms with van der Waals surface area (Å²) in [5.74, 6) is 1.31. The first-order chi connectivity index (χ1) is 7.85. The average Bonchev–Trinajstić information content (AvgIpc) is 2.35. The van der Waals surface area contributed by atoms with Crippen molar-refractivity contribution in [2.24, 2.45) is 0 Å². The lowest BCUT2D eigenvalue weighted by atomic mass is 10.2. The Kier molecular flexibility index (Phi) is 3.16. The topological polar surface area (TPSA) is 70.1 Å². The molecule has 2 rings (SSSR count). The number of aliphatic hydroxyl groups excluding tert-OH is 1. The van der Waals surface area contributed by atoms with Crippen LogP contribution in [0.3, 0.4) is 0 Å². The Hall–Kier alpha value is -1.88. The minimum Gasteiger partial charge on any atom is -0.395 e. The van der Waals surface area contributed by atoms with Gasteiger partial charge >= 0.3 is 0 Å². The number of nitrogens with zero attached hydrogens (tertiary/aromatic N) is 2. The first-order valence-corrected chi connectivity index (χ1v) is 5.14. The van der Waals surface area contributed by atoms with E-state index < -0.39 is 0 Å². The molecular weight excluding hydrogens is 204 g/mol. The quantitative estimate of drug-likeness (QED) is 0.716. The van der Waals surface area contributed by atoms with Gasteiger partial charge in [0.05, 0.1) is 12.1 Å². The number of hydrogen-bond acceptors (Lipinski definition) is 5. The van der Waals surface area contributed by atoms with Crippen molar-refractivity contribution in [2.45, 2.75) is 0 Å². The predicted molar refractivity (Wildman–Crippen MR) is 64.7 cm³/mol. The van der Waals surface area contributed by atoms with Crippen molar-refractivity contribution in [1.82, 2.24) is 9.97 Å². The van der Waals surface area contributed by atoms with E-state index in [-0.39, 0.29) is 6.61 Å². The summed E-state index contributed by atoms with van der Waals surface area (Å²) in [6.45, 7) is 0.553. The third kappa shape index (κ3) is 2.04. The van der Waals surface area contributed by atoms with Gasteiger partial charge in [0.25, 0.3) is 0 Å². The molecule has 0 unspecified atom stereocenters. The molecule has 1 heterocycles. The van der Waals surface area contributed by atoms with E-state index in [0.717, 1.165) is 16.7 Å². The fourth-order valence-corrected chi connectivity index (χ4v) is 1.50. The van der Waals surface area contributed by atoms with Crippen LogP contribution in [-0.2, 0) is 0 Å². The van der Waals surface area contributed by atoms with Crippen LogP contribution in [0.4, 0.5) is 11.8 Å². The largest absolute Gasteiger partial charge is 0.395 e. The predicted octanol–water partition coefficient (Wildman–Crippen LogP) is 1.08. The van der Waals surface area contributed by atoms with Gasteiger partial charge in [0.15, 0.2) is 0 Å². The van der Waals surface area contributed by atoms with Crippen molar-refractivity contribution in [3.05, 3.63) is 24.3 Å². The van der Waals surface area contributed by atoms with Gasteiger partial charge in [0.1, 0.15) is 5.82 Å². The molecule has 0 bridgehead atoms. The Labute approximate surface area is 93.5 Å². The monoisotopic (exact) mass is 218 g/mol. The van der Waals surface area contributed by atoms with Crippen molar-refractivity contribution < 1.29 is 5.11 Å². The van der Waals surface area contributed by atoms with Gasteiger partial charge < -0.3 is 15.7 Å². The zero-order chi connectivity index (χ0) is 11.4. The minimum atomic E-state index is 0.0766. The molecule has 0 aliphatic heterocycles. The molecule has 0 fully saturated rings. The highest BCUT2D eigenvalue weighted by molar-refractivity contribution is 5.89. The maximum Gasteiger partial charge on any atom is 0.224 e. The molecule has 0 saturated carbocycles. The van der Waals surface area contributed by atoms with Crippen molar-refractivity contribution in [3.8, 4) is 0 Å². The molecule has 0 atom stereocenters. The Morgan fingerprint density at radius 2 is 2.06 bits per heavy atom. The summed E-state index contributed by atoms with van der Waals surface area (Å²) in [4.78, 5) is 8.65. The van der Waals surface area contributed by atoms with E-state index in [2.05, 4.69) is 20.6 Å². The Morgan fingerprint density at radius 1 is 1.25 bits per heavy atom. The third-order valence-electron chi connectivity index (χ3n) is 2.23. The number of anilines is 2. The van der Waals surface area contributed by atoms with Gasteiger partial charge in [-0.2, -0.15) is 4.98 Å². The summed E-state index contributed by atoms with van der Waals surface area (Å²) in [5.41, 5.74) is 0.877. The summed E-state index contributed by atoms with van der Waals surface area (Å²) in [5, 5.41) is 15.7. The fourth-order valence-electron chi connectivity index (χ4n) is 1.50. The number of aromatic nitrogens is 2. The van der Waals surface area contributed by atoms with Crippen LogP contribution in [0, 0.1) is 0 Å². The summed E-state index contributed by atoms with van der Waals surface area (Å²) < 4.78 is 0. The fraction of sp³-hybridized carbons (Fsp3) is 0.273. The number of hydrogen-bond donors (Lipinski definition) is 3. The van der Waals surface area contributed by atoms with E-state index >= 15 is 0 Å². The minimum absolute atomic E-state index is 0.0766. The van der Waals surface area contributed by atoms with Gasteiger partial charge in [-0.25, -0.2) is 4.98 Å². The molecule has 1 aromatic carbocycles. The second-order valence-electron chi connectivity index (χ2n) is 3.31. The normalized spacial score (nSPS) is 10.4. The smallest absolute Gasteiger partial charge is 0.224 e. The molecular formula is C11H14N4O. The lowest BCUT2D eigenvalue weighted by Gasteiger charge is -2.09. The van der Waals surface area contributed by atoms with Gasteiger partial charge in [0.2, 0.25) is 5.95 Å². The molecule has 0 radical (unpaired) electrons. The molecule has 0 amide bonds. The maximum absolute atomic E-state index is 8.80. The summed E-state index contributed by atoms with van der Waals surface area (Å²) in [6.07, 6.45) is 0. The summed E-state index contributed by atoms with van der Waals surface area (Å²) in [7, 11) is 1.78. The SMILES string of the molecule is CNc1nc(NCCO)c2ccccc2n1. The van der Waals surface area contributed by atoms with Gasteiger partial charge in [-0.15, -0.1) is 0 Å². The zero-order valence-electron chi connectivity index (χ0n) is 9.07. The van der Waals surface area contributed by atoms with Crippen LogP contribution in [0.1, 0.15) is 0 Å². The van der Waals surface area contributed by atoms with Crippen molar-refractivity contribution in [2.75, 3.05) is 30.8 Å². The van der Waals surface area contributed by atoms with E-state index in [1.165, 1.54) is 0 Å². The highest BCUT2D eigenvalue weighted by Crippen LogP contribution is 2.21. The van der Waals surface area contributed by atoms with Crippen LogP contribution in [0.15, 0.2) is 24.3 Å². The number of aliphatic hydroxyl groups is 1. The lowest BCUT2D eigenvalue weighted by Crippen LogP contribution is -2.09. The Balaban J connectivity index is 2.50. The van der Waals surface area contributed by atoms with E-state index in [1.807, 2.05) is 24.3 Å². The Morgan fingerprint density at radius 3 is 2.81 bits per heavy atom. The van der Waals surface area contributed by atoms with E-state index in [9.17, 15) is 0 Å². The van der Waals surface area contributed by atoms with Crippen molar-refractivity contribution >= 4 is 22.7 Å². The third-order valence-corrected chi connectivity index (χ3v) is 2.23. The molecule has 0 saturated heterocycles. The molecule has 0 aliphatic carbocycles. The van der Waals surface area contributed by atoms with Gasteiger partial charge in [-0.1, -0.05) is 12.1 Å². The standard InChI is InChI=1S/C11H14N4O/c1-12-11-14-9-5-3-2-4-8(9)10(15-11)13-6-7-16/h2-5,16H,6-7H2,1H3,(H2,12,13,14,15). The molecule has 16 heavy (non-hydrogen) atoms. The van der Waals surface area contributed by atoms with Crippen LogP contribution < -0.4 is 10.6 Å². The second kappa shape index (κ2) is 4.76. The van der Waals surface area contributed by atoms with Crippen LogP contribution in [0.5, 0.6) is 0 Å². The van der Waals surface area contributed by atoms with Crippen molar-refractivity contribution in [3.63, 3.8) is 0 Å². The second-order valence-corrected chi connectivity index (χ2v) is 3.31. The first kappa shape index (κ1) is 10.6. The van der Waals surface area contributed by atoms with E-state index in [4.69, 9.17) is 5.11 Å². The van der Waals surface area contributed by atoms with Crippen LogP contribution in [0.2, 0.25) is 0 Å². The highest BCUT2D eigenvalue weighted by Gasteiger charge is 2.05. The van der Waals surface area contributed by atoms with E-state index in [1.54, 1.807) is 7.05 Å². The van der Waals surface area contributed by atoms with Gasteiger partial charge in [-0.3, -0.25) is 0 Å². The lowest BCUT2D eigenvalue weighted by molar-refractivity contribution is 0.311. The van der Waals surface area contributed by atoms with Crippen molar-refractivity contribution in [1.29, 1.82) is 0 Å². The van der Waals surface area contributed by atoms with Crippen LogP contribution >= 0.6 is 0 Å². The molecule has 5 heteroatoms. The van der Waals surface area contributed by atoms with Gasteiger partial charge in [0, 0.05) is 19.0 Å². The number of nitrogens with one attached hydrogen (secondary N) is 2. The molecule has 3 N–H and O–H groups in total. The van der Waals surface area contributed by atoms with Gasteiger partial charge in [-0.05, 0) is 12.1 Å². The molecule has 84 valence electrons. The maximum atomic E-state index is 8.80. The highest BCUT2D eigenvalue weighted by atomic mass is 16.3. The summed E-state index contributed by atoms with van der Waals surface area (Å²) >= 11 is 0. The zero-order valence-corrected chi connectivity index (χ0v) is 9.07. The van der Waals surface area contributed by atoms with Crippen LogP contribution in [0.25, 0.3) is 10.9 Å². The number of para-hydroxylation sites is 1. The van der Waals surface area contributed by atoms with E-state index in [0.29, 0.717) is 12.5 Å². The first-order valence-electron chi connectivity index (χ1n) is 5.14. The molecule has 1 aromatic heterocycles. The molecule has 0 spiro atoms. The number of rotatable bonds is 4. The Bertz CT molecular complexity index is 486. The molecule has 0 aliphatic rings.